The molecule has 2 unspecified atom stereocenters. The van der Waals surface area contributed by atoms with Gasteiger partial charge >= 0.3 is 0 Å². The zero-order chi connectivity index (χ0) is 22.9. The van der Waals surface area contributed by atoms with Crippen molar-refractivity contribution in [3.8, 4) is 11.4 Å². The standard InChI is InChI=1S/C27H26N4OS/c1-18-7-10-21(11-8-18)31-26(25(29-27(31)33)23-6-4-5-17-28-23)24-16-9-19(2)30(24)20-12-14-22(32-3)15-13-20/h4-17,25-26H,1-3H3,(H,29,33). The smallest absolute Gasteiger partial charge is 0.174 e. The number of hydrogen-bond acceptors (Lipinski definition) is 3. The van der Waals surface area contributed by atoms with Crippen LogP contribution in [0.3, 0.4) is 0 Å². The van der Waals surface area contributed by atoms with E-state index in [1.54, 1.807) is 7.11 Å². The van der Waals surface area contributed by atoms with Crippen LogP contribution in [0.5, 0.6) is 5.75 Å². The van der Waals surface area contributed by atoms with Crippen LogP contribution in [-0.2, 0) is 0 Å². The van der Waals surface area contributed by atoms with Crippen LogP contribution in [0.2, 0.25) is 0 Å². The second-order valence-electron chi connectivity index (χ2n) is 8.27. The van der Waals surface area contributed by atoms with E-state index in [1.165, 1.54) is 5.56 Å². The Kier molecular flexibility index (Phi) is 5.60. The van der Waals surface area contributed by atoms with Gasteiger partial charge in [0.05, 0.1) is 18.8 Å². The molecule has 5 rings (SSSR count). The van der Waals surface area contributed by atoms with Gasteiger partial charge in [-0.05, 0) is 86.7 Å². The van der Waals surface area contributed by atoms with Gasteiger partial charge in [0.2, 0.25) is 0 Å². The molecule has 33 heavy (non-hydrogen) atoms. The SMILES string of the molecule is COc1ccc(-n2c(C)ccc2C2C(c3ccccn3)NC(=S)N2c2ccc(C)cc2)cc1. The molecule has 166 valence electrons. The third-order valence-corrected chi connectivity index (χ3v) is 6.46. The van der Waals surface area contributed by atoms with Gasteiger partial charge in [-0.25, -0.2) is 0 Å². The van der Waals surface area contributed by atoms with Crippen LogP contribution < -0.4 is 15.0 Å². The van der Waals surface area contributed by atoms with Gasteiger partial charge in [0.15, 0.2) is 5.11 Å². The van der Waals surface area contributed by atoms with Crippen LogP contribution in [0.4, 0.5) is 5.69 Å². The number of rotatable bonds is 5. The van der Waals surface area contributed by atoms with Crippen molar-refractivity contribution >= 4 is 23.0 Å². The predicted molar refractivity (Wildman–Crippen MR) is 136 cm³/mol. The maximum Gasteiger partial charge on any atom is 0.174 e. The quantitative estimate of drug-likeness (QED) is 0.393. The molecule has 1 aliphatic rings. The minimum Gasteiger partial charge on any atom is -0.497 e. The lowest BCUT2D eigenvalue weighted by molar-refractivity contribution is 0.414. The van der Waals surface area contributed by atoms with E-state index in [0.29, 0.717) is 5.11 Å². The molecule has 1 fully saturated rings. The van der Waals surface area contributed by atoms with Crippen molar-refractivity contribution in [2.24, 2.45) is 0 Å². The van der Waals surface area contributed by atoms with E-state index in [4.69, 9.17) is 17.0 Å². The normalized spacial score (nSPS) is 17.8. The number of nitrogens with one attached hydrogen (secondary N) is 1. The van der Waals surface area contributed by atoms with Crippen molar-refractivity contribution in [2.75, 3.05) is 12.0 Å². The molecule has 0 aliphatic carbocycles. The van der Waals surface area contributed by atoms with E-state index in [0.717, 1.165) is 34.2 Å². The van der Waals surface area contributed by atoms with Gasteiger partial charge < -0.3 is 19.5 Å². The Bertz CT molecular complexity index is 1270. The molecule has 6 heteroatoms. The molecule has 2 aromatic carbocycles. The van der Waals surface area contributed by atoms with Gasteiger partial charge in [-0.2, -0.15) is 0 Å². The lowest BCUT2D eigenvalue weighted by Gasteiger charge is -2.29. The second kappa shape index (κ2) is 8.71. The molecule has 1 aliphatic heterocycles. The summed E-state index contributed by atoms with van der Waals surface area (Å²) in [6.07, 6.45) is 1.83. The van der Waals surface area contributed by atoms with E-state index in [9.17, 15) is 0 Å². The van der Waals surface area contributed by atoms with Crippen molar-refractivity contribution in [1.82, 2.24) is 14.9 Å². The van der Waals surface area contributed by atoms with Crippen molar-refractivity contribution in [1.29, 1.82) is 0 Å². The van der Waals surface area contributed by atoms with Crippen molar-refractivity contribution in [3.63, 3.8) is 0 Å². The number of aryl methyl sites for hydroxylation is 2. The third-order valence-electron chi connectivity index (χ3n) is 6.15. The van der Waals surface area contributed by atoms with E-state index < -0.39 is 0 Å². The number of thiocarbonyl (C=S) groups is 1. The van der Waals surface area contributed by atoms with Crippen LogP contribution in [0.25, 0.3) is 5.69 Å². The topological polar surface area (TPSA) is 42.3 Å². The molecule has 0 amide bonds. The number of methoxy groups -OCH3 is 1. The van der Waals surface area contributed by atoms with Gasteiger partial charge in [0.1, 0.15) is 11.8 Å². The summed E-state index contributed by atoms with van der Waals surface area (Å²) in [4.78, 5) is 6.88. The summed E-state index contributed by atoms with van der Waals surface area (Å²) in [6, 6.07) is 26.8. The van der Waals surface area contributed by atoms with E-state index in [-0.39, 0.29) is 12.1 Å². The highest BCUT2D eigenvalue weighted by Crippen LogP contribution is 2.42. The number of nitrogens with zero attached hydrogens (tertiary/aromatic N) is 3. The van der Waals surface area contributed by atoms with E-state index in [2.05, 4.69) is 88.2 Å². The maximum absolute atomic E-state index is 5.87. The maximum atomic E-state index is 5.87. The lowest BCUT2D eigenvalue weighted by atomic mass is 10.0. The Balaban J connectivity index is 1.67. The summed E-state index contributed by atoms with van der Waals surface area (Å²) < 4.78 is 7.66. The highest BCUT2D eigenvalue weighted by atomic mass is 32.1. The number of hydrogen-bond donors (Lipinski definition) is 1. The van der Waals surface area contributed by atoms with Crippen LogP contribution in [0.1, 0.15) is 34.7 Å². The zero-order valence-electron chi connectivity index (χ0n) is 18.9. The number of anilines is 1. The average Bonchev–Trinajstić information content (AvgIpc) is 3.39. The van der Waals surface area contributed by atoms with Crippen molar-refractivity contribution < 1.29 is 4.74 Å². The summed E-state index contributed by atoms with van der Waals surface area (Å²) in [5, 5.41) is 4.24. The fraction of sp³-hybridized carbons (Fsp3) is 0.185. The molecule has 0 radical (unpaired) electrons. The first-order valence-electron chi connectivity index (χ1n) is 11.0. The zero-order valence-corrected chi connectivity index (χ0v) is 19.7. The Morgan fingerprint density at radius 3 is 2.27 bits per heavy atom. The first kappa shape index (κ1) is 21.2. The summed E-state index contributed by atoms with van der Waals surface area (Å²) in [6.45, 7) is 4.22. The molecular weight excluding hydrogens is 428 g/mol. The number of benzene rings is 2. The molecule has 3 heterocycles. The number of aromatic nitrogens is 2. The Labute approximate surface area is 199 Å². The monoisotopic (exact) mass is 454 g/mol. The fourth-order valence-electron chi connectivity index (χ4n) is 4.51. The second-order valence-corrected chi connectivity index (χ2v) is 8.65. The van der Waals surface area contributed by atoms with Crippen LogP contribution in [0.15, 0.2) is 85.1 Å². The van der Waals surface area contributed by atoms with E-state index >= 15 is 0 Å². The summed E-state index contributed by atoms with van der Waals surface area (Å²) in [5.41, 5.74) is 6.60. The molecule has 0 spiro atoms. The molecular formula is C27H26N4OS. The lowest BCUT2D eigenvalue weighted by Crippen LogP contribution is -2.30. The van der Waals surface area contributed by atoms with Gasteiger partial charge in [0.25, 0.3) is 0 Å². The molecule has 0 bridgehead atoms. The van der Waals surface area contributed by atoms with Gasteiger partial charge in [-0.1, -0.05) is 23.8 Å². The Morgan fingerprint density at radius 2 is 1.61 bits per heavy atom. The van der Waals surface area contributed by atoms with Gasteiger partial charge in [-0.3, -0.25) is 4.98 Å². The van der Waals surface area contributed by atoms with E-state index in [1.807, 2.05) is 30.5 Å². The first-order valence-corrected chi connectivity index (χ1v) is 11.4. The molecule has 2 atom stereocenters. The number of pyridine rings is 1. The Hall–Kier alpha value is -3.64. The highest BCUT2D eigenvalue weighted by Gasteiger charge is 2.42. The van der Waals surface area contributed by atoms with Gasteiger partial charge in [-0.15, -0.1) is 0 Å². The minimum atomic E-state index is -0.0914. The largest absolute Gasteiger partial charge is 0.497 e. The van der Waals surface area contributed by atoms with Crippen molar-refractivity contribution in [2.45, 2.75) is 25.9 Å². The molecule has 1 N–H and O–H groups in total. The van der Waals surface area contributed by atoms with Crippen LogP contribution >= 0.6 is 12.2 Å². The third kappa shape index (κ3) is 3.87. The predicted octanol–water partition coefficient (Wildman–Crippen LogP) is 5.67. The molecule has 0 saturated carbocycles. The van der Waals surface area contributed by atoms with Gasteiger partial charge in [0, 0.05) is 29.0 Å². The molecule has 2 aromatic heterocycles. The fourth-order valence-corrected chi connectivity index (χ4v) is 4.86. The van der Waals surface area contributed by atoms with Crippen LogP contribution in [0, 0.1) is 13.8 Å². The molecule has 1 saturated heterocycles. The molecule has 5 nitrogen and oxygen atoms in total. The average molecular weight is 455 g/mol. The minimum absolute atomic E-state index is 0.0779. The van der Waals surface area contributed by atoms with Crippen LogP contribution in [-0.4, -0.2) is 21.8 Å². The highest BCUT2D eigenvalue weighted by molar-refractivity contribution is 7.80. The summed E-state index contributed by atoms with van der Waals surface area (Å²) in [5.74, 6) is 0.835. The number of ether oxygens (including phenoxy) is 1. The summed E-state index contributed by atoms with van der Waals surface area (Å²) in [7, 11) is 1.68. The first-order chi connectivity index (χ1) is 16.1. The summed E-state index contributed by atoms with van der Waals surface area (Å²) >= 11 is 5.87. The van der Waals surface area contributed by atoms with Crippen molar-refractivity contribution in [3.05, 3.63) is 108 Å². The Morgan fingerprint density at radius 1 is 0.879 bits per heavy atom. The molecule has 4 aromatic rings.